The van der Waals surface area contributed by atoms with E-state index in [9.17, 15) is 9.59 Å². The lowest BCUT2D eigenvalue weighted by Gasteiger charge is -2.15. The van der Waals surface area contributed by atoms with E-state index in [0.717, 1.165) is 38.5 Å². The van der Waals surface area contributed by atoms with Gasteiger partial charge in [-0.3, -0.25) is 9.59 Å². The largest absolute Gasteiger partial charge is 0.469 e. The highest BCUT2D eigenvalue weighted by atomic mass is 16.5. The van der Waals surface area contributed by atoms with Gasteiger partial charge in [0, 0.05) is 19.8 Å². The molecule has 0 unspecified atom stereocenters. The van der Waals surface area contributed by atoms with E-state index in [0.29, 0.717) is 6.42 Å². The Kier molecular flexibility index (Phi) is 16.6. The summed E-state index contributed by atoms with van der Waals surface area (Å²) in [6.45, 7) is 3.69. The predicted molar refractivity (Wildman–Crippen MR) is 102 cm³/mol. The van der Waals surface area contributed by atoms with E-state index in [4.69, 9.17) is 4.74 Å². The van der Waals surface area contributed by atoms with Crippen LogP contribution in [0.3, 0.4) is 0 Å². The van der Waals surface area contributed by atoms with Gasteiger partial charge in [0.25, 0.3) is 0 Å². The predicted octanol–water partition coefficient (Wildman–Crippen LogP) is 5.74. The van der Waals surface area contributed by atoms with Crippen LogP contribution in [-0.2, 0) is 19.1 Å². The molecule has 0 N–H and O–H groups in total. The summed E-state index contributed by atoms with van der Waals surface area (Å²) in [5.74, 6) is -0.291. The first kappa shape index (κ1) is 23.7. The van der Waals surface area contributed by atoms with Crippen LogP contribution in [-0.4, -0.2) is 25.2 Å². The van der Waals surface area contributed by atoms with Gasteiger partial charge in [-0.25, -0.2) is 0 Å². The molecule has 0 rings (SSSR count). The maximum absolute atomic E-state index is 11.2. The van der Waals surface area contributed by atoms with Crippen molar-refractivity contribution in [2.24, 2.45) is 0 Å². The maximum atomic E-state index is 11.2. The quantitative estimate of drug-likeness (QED) is 0.201. The Morgan fingerprint density at radius 1 is 0.920 bits per heavy atom. The van der Waals surface area contributed by atoms with Gasteiger partial charge in [0.2, 0.25) is 0 Å². The number of carbonyl (C=O) groups excluding carboxylic acids is 2. The molecule has 4 heteroatoms. The van der Waals surface area contributed by atoms with Crippen molar-refractivity contribution in [3.63, 3.8) is 0 Å². The zero-order valence-corrected chi connectivity index (χ0v) is 16.6. The van der Waals surface area contributed by atoms with Crippen LogP contribution in [0.15, 0.2) is 12.2 Å². The zero-order chi connectivity index (χ0) is 18.8. The molecule has 0 aromatic heterocycles. The van der Waals surface area contributed by atoms with Crippen molar-refractivity contribution in [3.05, 3.63) is 12.2 Å². The Balaban J connectivity index is 3.68. The summed E-state index contributed by atoms with van der Waals surface area (Å²) in [4.78, 5) is 22.2. The first-order valence-electron chi connectivity index (χ1n) is 9.99. The maximum Gasteiger partial charge on any atom is 0.305 e. The van der Waals surface area contributed by atoms with E-state index in [1.165, 1.54) is 52.6 Å². The standard InChI is InChI=1S/C21H38O4/c1-4-5-6-13-16-20(25-19(2)22)17-14-11-9-7-8-10-12-15-18-21(23)24-3/h11,14,20H,4-10,12-13,15-18H2,1-3H3/b14-11-/t20-/m1/s1. The summed E-state index contributed by atoms with van der Waals surface area (Å²) in [7, 11) is 1.44. The molecule has 0 aromatic carbocycles. The smallest absolute Gasteiger partial charge is 0.305 e. The third kappa shape index (κ3) is 17.3. The minimum Gasteiger partial charge on any atom is -0.469 e. The third-order valence-electron chi connectivity index (χ3n) is 4.26. The SMILES string of the molecule is CCCCCC[C@H](C/C=C\CCCCCCCC(=O)OC)OC(C)=O. The van der Waals surface area contributed by atoms with Crippen LogP contribution in [0.25, 0.3) is 0 Å². The number of hydrogen-bond donors (Lipinski definition) is 0. The van der Waals surface area contributed by atoms with Crippen LogP contribution in [0.1, 0.15) is 97.3 Å². The van der Waals surface area contributed by atoms with Gasteiger partial charge < -0.3 is 9.47 Å². The van der Waals surface area contributed by atoms with Crippen molar-refractivity contribution < 1.29 is 19.1 Å². The molecule has 0 heterocycles. The van der Waals surface area contributed by atoms with E-state index in [1.54, 1.807) is 0 Å². The summed E-state index contributed by atoms with van der Waals surface area (Å²) in [6.07, 6.45) is 18.1. The highest BCUT2D eigenvalue weighted by Crippen LogP contribution is 2.13. The van der Waals surface area contributed by atoms with Crippen LogP contribution < -0.4 is 0 Å². The van der Waals surface area contributed by atoms with Crippen molar-refractivity contribution in [1.82, 2.24) is 0 Å². The normalized spacial score (nSPS) is 12.3. The van der Waals surface area contributed by atoms with Gasteiger partial charge in [0.15, 0.2) is 0 Å². The first-order chi connectivity index (χ1) is 12.1. The van der Waals surface area contributed by atoms with E-state index in [1.807, 2.05) is 0 Å². The average Bonchev–Trinajstić information content (AvgIpc) is 2.59. The summed E-state index contributed by atoms with van der Waals surface area (Å²) < 4.78 is 10.0. The fraction of sp³-hybridized carbons (Fsp3) is 0.810. The summed E-state index contributed by atoms with van der Waals surface area (Å²) in [6, 6.07) is 0. The Bertz CT molecular complexity index is 363. The summed E-state index contributed by atoms with van der Waals surface area (Å²) in [5, 5.41) is 0. The molecule has 0 aliphatic heterocycles. The molecular formula is C21H38O4. The molecular weight excluding hydrogens is 316 g/mol. The van der Waals surface area contributed by atoms with E-state index in [2.05, 4.69) is 23.8 Å². The molecule has 1 atom stereocenters. The molecule has 0 radical (unpaired) electrons. The average molecular weight is 355 g/mol. The van der Waals surface area contributed by atoms with Crippen LogP contribution in [0.2, 0.25) is 0 Å². The Labute approximate surface area is 154 Å². The van der Waals surface area contributed by atoms with Gasteiger partial charge in [0.1, 0.15) is 6.10 Å². The number of rotatable bonds is 16. The molecule has 0 fully saturated rings. The van der Waals surface area contributed by atoms with Crippen molar-refractivity contribution in [2.75, 3.05) is 7.11 Å². The van der Waals surface area contributed by atoms with Gasteiger partial charge in [-0.05, 0) is 32.1 Å². The molecule has 0 amide bonds. The molecule has 146 valence electrons. The lowest BCUT2D eigenvalue weighted by atomic mass is 10.1. The third-order valence-corrected chi connectivity index (χ3v) is 4.26. The molecule has 0 aliphatic rings. The molecule has 0 saturated heterocycles. The highest BCUT2D eigenvalue weighted by molar-refractivity contribution is 5.68. The number of ether oxygens (including phenoxy) is 2. The van der Waals surface area contributed by atoms with E-state index < -0.39 is 0 Å². The van der Waals surface area contributed by atoms with Crippen molar-refractivity contribution in [3.8, 4) is 0 Å². The Morgan fingerprint density at radius 2 is 1.60 bits per heavy atom. The number of unbranched alkanes of at least 4 members (excludes halogenated alkanes) is 8. The van der Waals surface area contributed by atoms with Gasteiger partial charge in [0.05, 0.1) is 7.11 Å². The van der Waals surface area contributed by atoms with Crippen molar-refractivity contribution >= 4 is 11.9 Å². The molecule has 0 aliphatic carbocycles. The van der Waals surface area contributed by atoms with Crippen LogP contribution in [0.4, 0.5) is 0 Å². The number of methoxy groups -OCH3 is 1. The second-order valence-corrected chi connectivity index (χ2v) is 6.67. The van der Waals surface area contributed by atoms with Crippen LogP contribution in [0.5, 0.6) is 0 Å². The van der Waals surface area contributed by atoms with Gasteiger partial charge in [-0.1, -0.05) is 57.6 Å². The van der Waals surface area contributed by atoms with Crippen LogP contribution in [0, 0.1) is 0 Å². The van der Waals surface area contributed by atoms with Crippen molar-refractivity contribution in [2.45, 2.75) is 103 Å². The fourth-order valence-electron chi connectivity index (χ4n) is 2.79. The van der Waals surface area contributed by atoms with Gasteiger partial charge in [-0.2, -0.15) is 0 Å². The van der Waals surface area contributed by atoms with Gasteiger partial charge in [-0.15, -0.1) is 0 Å². The summed E-state index contributed by atoms with van der Waals surface area (Å²) >= 11 is 0. The van der Waals surface area contributed by atoms with E-state index >= 15 is 0 Å². The number of esters is 2. The lowest BCUT2D eigenvalue weighted by Crippen LogP contribution is -2.15. The molecule has 0 aromatic rings. The molecule has 25 heavy (non-hydrogen) atoms. The molecule has 0 bridgehead atoms. The second kappa shape index (κ2) is 17.5. The number of carbonyl (C=O) groups is 2. The monoisotopic (exact) mass is 354 g/mol. The molecule has 4 nitrogen and oxygen atoms in total. The second-order valence-electron chi connectivity index (χ2n) is 6.67. The zero-order valence-electron chi connectivity index (χ0n) is 16.6. The number of allylic oxidation sites excluding steroid dienone is 1. The summed E-state index contributed by atoms with van der Waals surface area (Å²) in [5.41, 5.74) is 0. The minimum absolute atomic E-state index is 0.0314. The molecule has 0 spiro atoms. The van der Waals surface area contributed by atoms with Gasteiger partial charge >= 0.3 is 11.9 Å². The fourth-order valence-corrected chi connectivity index (χ4v) is 2.79. The molecule has 0 saturated carbocycles. The lowest BCUT2D eigenvalue weighted by molar-refractivity contribution is -0.146. The Morgan fingerprint density at radius 3 is 2.28 bits per heavy atom. The topological polar surface area (TPSA) is 52.6 Å². The number of hydrogen-bond acceptors (Lipinski definition) is 4. The van der Waals surface area contributed by atoms with Crippen LogP contribution >= 0.6 is 0 Å². The van der Waals surface area contributed by atoms with E-state index in [-0.39, 0.29) is 18.0 Å². The van der Waals surface area contributed by atoms with Crippen molar-refractivity contribution in [1.29, 1.82) is 0 Å². The Hall–Kier alpha value is -1.32. The highest BCUT2D eigenvalue weighted by Gasteiger charge is 2.09. The first-order valence-corrected chi connectivity index (χ1v) is 9.99. The minimum atomic E-state index is -0.180.